The van der Waals surface area contributed by atoms with E-state index in [-0.39, 0.29) is 5.91 Å². The Morgan fingerprint density at radius 3 is 2.40 bits per heavy atom. The van der Waals surface area contributed by atoms with Gasteiger partial charge in [0.1, 0.15) is 0 Å². The molecule has 0 radical (unpaired) electrons. The first kappa shape index (κ1) is 17.2. The molecule has 1 saturated heterocycles. The summed E-state index contributed by atoms with van der Waals surface area (Å²) in [7, 11) is 0. The van der Waals surface area contributed by atoms with Crippen molar-refractivity contribution in [2.24, 2.45) is 0 Å². The Bertz CT molecular complexity index is 768. The molecule has 2 aromatic rings. The van der Waals surface area contributed by atoms with E-state index in [4.69, 9.17) is 0 Å². The SMILES string of the molecule is Cc1cccc(NC(=O)C(O)c2ccccc2)c1C(=O)N1CCCC1. The van der Waals surface area contributed by atoms with Gasteiger partial charge in [-0.15, -0.1) is 0 Å². The summed E-state index contributed by atoms with van der Waals surface area (Å²) in [5, 5.41) is 13.0. The van der Waals surface area contributed by atoms with Gasteiger partial charge >= 0.3 is 0 Å². The summed E-state index contributed by atoms with van der Waals surface area (Å²) >= 11 is 0. The zero-order chi connectivity index (χ0) is 17.8. The van der Waals surface area contributed by atoms with Gasteiger partial charge in [-0.05, 0) is 37.0 Å². The number of hydrogen-bond donors (Lipinski definition) is 2. The fourth-order valence-electron chi connectivity index (χ4n) is 3.12. The van der Waals surface area contributed by atoms with E-state index >= 15 is 0 Å². The van der Waals surface area contributed by atoms with E-state index in [1.54, 1.807) is 36.4 Å². The van der Waals surface area contributed by atoms with Crippen LogP contribution >= 0.6 is 0 Å². The molecule has 130 valence electrons. The van der Waals surface area contributed by atoms with Gasteiger partial charge in [0.25, 0.3) is 11.8 Å². The second-order valence-corrected chi connectivity index (χ2v) is 6.30. The first-order chi connectivity index (χ1) is 12.1. The van der Waals surface area contributed by atoms with Crippen LogP contribution in [0.25, 0.3) is 0 Å². The summed E-state index contributed by atoms with van der Waals surface area (Å²) in [6.45, 7) is 3.34. The van der Waals surface area contributed by atoms with Crippen LogP contribution in [0.5, 0.6) is 0 Å². The molecule has 2 amide bonds. The average molecular weight is 338 g/mol. The number of aryl methyl sites for hydroxylation is 1. The van der Waals surface area contributed by atoms with Gasteiger partial charge in [-0.3, -0.25) is 9.59 Å². The lowest BCUT2D eigenvalue weighted by molar-refractivity contribution is -0.124. The van der Waals surface area contributed by atoms with Crippen molar-refractivity contribution in [1.82, 2.24) is 4.90 Å². The first-order valence-corrected chi connectivity index (χ1v) is 8.50. The molecule has 0 spiro atoms. The van der Waals surface area contributed by atoms with Crippen LogP contribution in [0.3, 0.4) is 0 Å². The van der Waals surface area contributed by atoms with Gasteiger partial charge in [0.05, 0.1) is 11.3 Å². The number of aliphatic hydroxyl groups is 1. The van der Waals surface area contributed by atoms with Crippen LogP contribution < -0.4 is 5.32 Å². The lowest BCUT2D eigenvalue weighted by Gasteiger charge is -2.20. The van der Waals surface area contributed by atoms with Crippen molar-refractivity contribution < 1.29 is 14.7 Å². The van der Waals surface area contributed by atoms with Crippen LogP contribution in [0.4, 0.5) is 5.69 Å². The molecular formula is C20H22N2O3. The maximum Gasteiger partial charge on any atom is 0.257 e. The van der Waals surface area contributed by atoms with Gasteiger partial charge in [-0.1, -0.05) is 42.5 Å². The monoisotopic (exact) mass is 338 g/mol. The molecule has 1 unspecified atom stereocenters. The predicted octanol–water partition coefficient (Wildman–Crippen LogP) is 2.90. The molecule has 2 aromatic carbocycles. The summed E-state index contributed by atoms with van der Waals surface area (Å²) in [6.07, 6.45) is 0.731. The molecule has 0 aliphatic carbocycles. The molecule has 2 N–H and O–H groups in total. The number of anilines is 1. The summed E-state index contributed by atoms with van der Waals surface area (Å²) in [4.78, 5) is 27.1. The summed E-state index contributed by atoms with van der Waals surface area (Å²) < 4.78 is 0. The maximum absolute atomic E-state index is 12.8. The number of nitrogens with zero attached hydrogens (tertiary/aromatic N) is 1. The van der Waals surface area contributed by atoms with Crippen LogP contribution in [0.1, 0.15) is 40.4 Å². The van der Waals surface area contributed by atoms with Crippen molar-refractivity contribution in [3.05, 3.63) is 65.2 Å². The molecule has 0 aromatic heterocycles. The Morgan fingerprint density at radius 1 is 1.04 bits per heavy atom. The van der Waals surface area contributed by atoms with E-state index in [0.29, 0.717) is 16.8 Å². The number of carbonyl (C=O) groups excluding carboxylic acids is 2. The van der Waals surface area contributed by atoms with E-state index in [0.717, 1.165) is 31.5 Å². The van der Waals surface area contributed by atoms with Gasteiger partial charge in [0, 0.05) is 13.1 Å². The topological polar surface area (TPSA) is 69.6 Å². The highest BCUT2D eigenvalue weighted by Gasteiger charge is 2.25. The summed E-state index contributed by atoms with van der Waals surface area (Å²) in [5.41, 5.74) is 2.26. The third kappa shape index (κ3) is 3.72. The minimum absolute atomic E-state index is 0.0694. The second kappa shape index (κ2) is 7.49. The standard InChI is InChI=1S/C20H22N2O3/c1-14-8-7-11-16(17(14)20(25)22-12-5-6-13-22)21-19(24)18(23)15-9-3-2-4-10-15/h2-4,7-11,18,23H,5-6,12-13H2,1H3,(H,21,24). The summed E-state index contributed by atoms with van der Waals surface area (Å²) in [5.74, 6) is -0.618. The van der Waals surface area contributed by atoms with Gasteiger partial charge < -0.3 is 15.3 Å². The van der Waals surface area contributed by atoms with Gasteiger partial charge in [-0.25, -0.2) is 0 Å². The molecule has 1 heterocycles. The van der Waals surface area contributed by atoms with E-state index in [1.807, 2.05) is 24.0 Å². The third-order valence-corrected chi connectivity index (χ3v) is 4.50. The van der Waals surface area contributed by atoms with Gasteiger partial charge in [0.2, 0.25) is 0 Å². The van der Waals surface area contributed by atoms with Crippen molar-refractivity contribution in [2.75, 3.05) is 18.4 Å². The summed E-state index contributed by atoms with van der Waals surface area (Å²) in [6, 6.07) is 14.1. The highest BCUT2D eigenvalue weighted by molar-refractivity contribution is 6.05. The van der Waals surface area contributed by atoms with E-state index < -0.39 is 12.0 Å². The third-order valence-electron chi connectivity index (χ3n) is 4.50. The smallest absolute Gasteiger partial charge is 0.257 e. The Balaban J connectivity index is 1.84. The molecule has 1 fully saturated rings. The van der Waals surface area contributed by atoms with Crippen molar-refractivity contribution in [3.8, 4) is 0 Å². The Hall–Kier alpha value is -2.66. The molecular weight excluding hydrogens is 316 g/mol. The largest absolute Gasteiger partial charge is 0.378 e. The zero-order valence-corrected chi connectivity index (χ0v) is 14.2. The van der Waals surface area contributed by atoms with Gasteiger partial charge in [-0.2, -0.15) is 0 Å². The predicted molar refractivity (Wildman–Crippen MR) is 96.3 cm³/mol. The first-order valence-electron chi connectivity index (χ1n) is 8.50. The zero-order valence-electron chi connectivity index (χ0n) is 14.2. The number of hydrogen-bond acceptors (Lipinski definition) is 3. The second-order valence-electron chi connectivity index (χ2n) is 6.30. The van der Waals surface area contributed by atoms with Crippen molar-refractivity contribution in [2.45, 2.75) is 25.9 Å². The Labute approximate surface area is 147 Å². The number of amides is 2. The van der Waals surface area contributed by atoms with Crippen LogP contribution in [0.2, 0.25) is 0 Å². The highest BCUT2D eigenvalue weighted by Crippen LogP contribution is 2.25. The lowest BCUT2D eigenvalue weighted by atomic mass is 10.0. The van der Waals surface area contributed by atoms with Crippen molar-refractivity contribution in [1.29, 1.82) is 0 Å². The van der Waals surface area contributed by atoms with Crippen LogP contribution in [-0.4, -0.2) is 34.9 Å². The number of carbonyl (C=O) groups is 2. The average Bonchev–Trinajstić information content (AvgIpc) is 3.16. The molecule has 1 aliphatic heterocycles. The molecule has 3 rings (SSSR count). The lowest BCUT2D eigenvalue weighted by Crippen LogP contribution is -2.30. The maximum atomic E-state index is 12.8. The number of rotatable bonds is 4. The van der Waals surface area contributed by atoms with Crippen LogP contribution in [0.15, 0.2) is 48.5 Å². The van der Waals surface area contributed by atoms with E-state index in [1.165, 1.54) is 0 Å². The van der Waals surface area contributed by atoms with Crippen LogP contribution in [-0.2, 0) is 4.79 Å². The number of benzene rings is 2. The van der Waals surface area contributed by atoms with Crippen molar-refractivity contribution in [3.63, 3.8) is 0 Å². The fourth-order valence-corrected chi connectivity index (χ4v) is 3.12. The highest BCUT2D eigenvalue weighted by atomic mass is 16.3. The van der Waals surface area contributed by atoms with E-state index in [2.05, 4.69) is 5.32 Å². The molecule has 1 atom stereocenters. The Morgan fingerprint density at radius 2 is 1.72 bits per heavy atom. The molecule has 5 nitrogen and oxygen atoms in total. The Kier molecular flexibility index (Phi) is 5.14. The minimum atomic E-state index is -1.28. The fraction of sp³-hybridized carbons (Fsp3) is 0.300. The molecule has 1 aliphatic rings. The number of aliphatic hydroxyl groups excluding tert-OH is 1. The minimum Gasteiger partial charge on any atom is -0.378 e. The number of nitrogens with one attached hydrogen (secondary N) is 1. The molecule has 0 bridgehead atoms. The van der Waals surface area contributed by atoms with E-state index in [9.17, 15) is 14.7 Å². The van der Waals surface area contributed by atoms with Gasteiger partial charge in [0.15, 0.2) is 6.10 Å². The number of likely N-dealkylation sites (tertiary alicyclic amines) is 1. The molecule has 5 heteroatoms. The molecule has 25 heavy (non-hydrogen) atoms. The quantitative estimate of drug-likeness (QED) is 0.900. The molecule has 0 saturated carbocycles. The van der Waals surface area contributed by atoms with Crippen LogP contribution in [0, 0.1) is 6.92 Å². The normalized spacial score (nSPS) is 15.0. The van der Waals surface area contributed by atoms with Crippen molar-refractivity contribution >= 4 is 17.5 Å².